The van der Waals surface area contributed by atoms with Crippen LogP contribution in [-0.4, -0.2) is 66.8 Å². The lowest BCUT2D eigenvalue weighted by molar-refractivity contribution is -0.163. The average molecular weight is 994 g/mol. The van der Waals surface area contributed by atoms with Crippen molar-refractivity contribution in [3.63, 3.8) is 0 Å². The van der Waals surface area contributed by atoms with Crippen LogP contribution < -0.4 is 10.2 Å². The summed E-state index contributed by atoms with van der Waals surface area (Å²) in [6.07, 6.45) is 3.50. The van der Waals surface area contributed by atoms with Crippen LogP contribution in [0.3, 0.4) is 0 Å². The average Bonchev–Trinajstić information content (AvgIpc) is 3.69. The van der Waals surface area contributed by atoms with Gasteiger partial charge >= 0.3 is 25.2 Å². The van der Waals surface area contributed by atoms with Crippen molar-refractivity contribution in [2.24, 2.45) is 16.2 Å². The Kier molecular flexibility index (Phi) is 16.4. The summed E-state index contributed by atoms with van der Waals surface area (Å²) in [5, 5.41) is 2.79. The molecule has 3 amide bonds. The minimum Gasteiger partial charge on any atom is -0.438 e. The van der Waals surface area contributed by atoms with Gasteiger partial charge in [0.1, 0.15) is 12.1 Å². The summed E-state index contributed by atoms with van der Waals surface area (Å²) >= 11 is 2.19. The van der Waals surface area contributed by atoms with Gasteiger partial charge in [0.05, 0.1) is 10.8 Å². The number of nitrogens with zero attached hydrogens (tertiary/aromatic N) is 2. The molecule has 1 aliphatic rings. The predicted octanol–water partition coefficient (Wildman–Crippen LogP) is 9.56. The molecule has 3 aromatic rings. The zero-order valence-corrected chi connectivity index (χ0v) is 39.5. The fraction of sp³-hybridized carbons (Fsp3) is 0.444. The number of para-hydroxylation sites is 1. The first-order chi connectivity index (χ1) is 28.8. The van der Waals surface area contributed by atoms with E-state index in [-0.39, 0.29) is 11.5 Å². The number of amides is 3. The molecule has 0 unspecified atom stereocenters. The Balaban J connectivity index is 1.50. The number of nitrogens with one attached hydrogen (secondary N) is 1. The van der Waals surface area contributed by atoms with Gasteiger partial charge < -0.3 is 19.7 Å². The number of esters is 2. The second-order valence-electron chi connectivity index (χ2n) is 17.8. The molecule has 0 radical (unpaired) electrons. The molecule has 0 saturated carbocycles. The van der Waals surface area contributed by atoms with Gasteiger partial charge in [0.15, 0.2) is 0 Å². The molecule has 336 valence electrons. The normalized spacial score (nSPS) is 15.5. The molecule has 13 nitrogen and oxygen atoms in total. The summed E-state index contributed by atoms with van der Waals surface area (Å²) in [6.45, 7) is 12.6. The van der Waals surface area contributed by atoms with E-state index in [1.807, 2.05) is 54.6 Å². The van der Waals surface area contributed by atoms with Gasteiger partial charge in [0, 0.05) is 33.1 Å². The van der Waals surface area contributed by atoms with Crippen molar-refractivity contribution >= 4 is 77.3 Å². The highest BCUT2D eigenvalue weighted by Crippen LogP contribution is 2.67. The van der Waals surface area contributed by atoms with Crippen LogP contribution >= 0.6 is 30.2 Å². The highest BCUT2D eigenvalue weighted by Gasteiger charge is 2.56. The number of benzene rings is 3. The van der Waals surface area contributed by atoms with Crippen molar-refractivity contribution in [2.45, 2.75) is 92.9 Å². The van der Waals surface area contributed by atoms with Gasteiger partial charge in [0.2, 0.25) is 25.4 Å². The zero-order chi connectivity index (χ0) is 46.3. The van der Waals surface area contributed by atoms with E-state index < -0.39 is 84.5 Å². The lowest BCUT2D eigenvalue weighted by atomic mass is 9.85. The Labute approximate surface area is 375 Å². The highest BCUT2D eigenvalue weighted by molar-refractivity contribution is 14.1. The van der Waals surface area contributed by atoms with Crippen LogP contribution in [0.2, 0.25) is 0 Å². The Morgan fingerprint density at radius 3 is 1.82 bits per heavy atom. The monoisotopic (exact) mass is 993 g/mol. The third kappa shape index (κ3) is 12.8. The Hall–Kier alpha value is -4.51. The van der Waals surface area contributed by atoms with Gasteiger partial charge in [-0.25, -0.2) is 0 Å². The van der Waals surface area contributed by atoms with Crippen LogP contribution in [0.4, 0.5) is 20.2 Å². The van der Waals surface area contributed by atoms with E-state index in [2.05, 4.69) is 27.9 Å². The number of hydrogen-bond acceptors (Lipinski definition) is 10. The number of alkyl halides is 2. The van der Waals surface area contributed by atoms with E-state index in [0.717, 1.165) is 21.8 Å². The lowest BCUT2D eigenvalue weighted by Gasteiger charge is -2.36. The summed E-state index contributed by atoms with van der Waals surface area (Å²) in [7, 11) is -5.54. The van der Waals surface area contributed by atoms with Gasteiger partial charge in [-0.1, -0.05) is 63.2 Å². The molecule has 1 fully saturated rings. The molecule has 3 aromatic carbocycles. The summed E-state index contributed by atoms with van der Waals surface area (Å²) in [5.41, 5.74) is -6.39. The summed E-state index contributed by atoms with van der Waals surface area (Å²) in [5.74, 6) is -2.99. The van der Waals surface area contributed by atoms with E-state index in [0.29, 0.717) is 30.8 Å². The first kappa shape index (κ1) is 50.1. The number of hydrogen-bond donors (Lipinski definition) is 1. The van der Waals surface area contributed by atoms with Gasteiger partial charge in [-0.05, 0) is 130 Å². The maximum absolute atomic E-state index is 16.0. The quantitative estimate of drug-likeness (QED) is 0.0511. The maximum Gasteiger partial charge on any atom is 0.410 e. The predicted molar refractivity (Wildman–Crippen MR) is 239 cm³/mol. The number of rotatable bonds is 15. The van der Waals surface area contributed by atoms with Crippen LogP contribution in [0.1, 0.15) is 86.3 Å². The number of halogens is 3. The van der Waals surface area contributed by atoms with Gasteiger partial charge in [-0.3, -0.25) is 42.5 Å². The number of anilines is 2. The molecule has 1 N–H and O–H groups in total. The molecule has 62 heavy (non-hydrogen) atoms. The SMILES string of the molecule is CC(C)(C)C(=O)OCOP(=O)(OCOC(=O)C(C)(C)C)C(F)(F)c1ccc(/C=C/C(=O)N[C@H](C(=O)N2CCC[C@H]2C(=O)N(c2ccccc2)c2ccc(I)cc2)C(C)(C)C)cc1. The molecule has 0 aromatic heterocycles. The van der Waals surface area contributed by atoms with Gasteiger partial charge in [0.25, 0.3) is 5.91 Å². The molecule has 0 bridgehead atoms. The molecule has 1 heterocycles. The first-order valence-electron chi connectivity index (χ1n) is 19.9. The van der Waals surface area contributed by atoms with Crippen LogP contribution in [0, 0.1) is 19.8 Å². The molecule has 2 atom stereocenters. The minimum atomic E-state index is -5.54. The Morgan fingerprint density at radius 2 is 1.32 bits per heavy atom. The summed E-state index contributed by atoms with van der Waals surface area (Å²) in [6, 6.07) is 19.2. The Morgan fingerprint density at radius 1 is 0.806 bits per heavy atom. The smallest absolute Gasteiger partial charge is 0.410 e. The van der Waals surface area contributed by atoms with Crippen molar-refractivity contribution in [3.05, 3.63) is 99.6 Å². The molecular weight excluding hydrogens is 938 g/mol. The zero-order valence-electron chi connectivity index (χ0n) is 36.4. The molecular formula is C45H55F2IN3O10P. The number of likely N-dealkylation sites (tertiary alicyclic amines) is 1. The van der Waals surface area contributed by atoms with Crippen molar-refractivity contribution in [1.82, 2.24) is 10.2 Å². The molecule has 0 aliphatic carbocycles. The van der Waals surface area contributed by atoms with Crippen LogP contribution in [0.5, 0.6) is 0 Å². The van der Waals surface area contributed by atoms with Crippen LogP contribution in [0.25, 0.3) is 6.08 Å². The fourth-order valence-corrected chi connectivity index (χ4v) is 7.67. The standard InChI is InChI=1S/C45H55F2IN3O10P/c1-42(2,3)37(39(54)50-27-13-16-35(50)38(53)51(33-14-11-10-12-15-33)34-24-22-32(48)23-25-34)49-36(52)26-19-30-17-20-31(21-18-30)45(46,47)62(57,60-28-58-40(55)43(4,5)6)61-29-59-41(56)44(7,8)9/h10-12,14-15,17-26,35,37H,13,16,27-29H2,1-9H3,(H,49,52)/b26-19+/t35-,37+/m0/s1. The third-order valence-corrected chi connectivity index (χ3v) is 12.2. The fourth-order valence-electron chi connectivity index (χ4n) is 6.07. The molecule has 1 aliphatic heterocycles. The summed E-state index contributed by atoms with van der Waals surface area (Å²) in [4.78, 5) is 69.7. The molecule has 1 saturated heterocycles. The number of ether oxygens (including phenoxy) is 2. The first-order valence-corrected chi connectivity index (χ1v) is 22.5. The number of carbonyl (C=O) groups excluding carboxylic acids is 5. The van der Waals surface area contributed by atoms with Crippen molar-refractivity contribution in [1.29, 1.82) is 0 Å². The number of carbonyl (C=O) groups is 5. The van der Waals surface area contributed by atoms with Gasteiger partial charge in [-0.15, -0.1) is 0 Å². The van der Waals surface area contributed by atoms with E-state index in [9.17, 15) is 28.5 Å². The minimum absolute atomic E-state index is 0.279. The van der Waals surface area contributed by atoms with E-state index in [1.165, 1.54) is 64.7 Å². The molecule has 17 heteroatoms. The molecule has 4 rings (SSSR count). The largest absolute Gasteiger partial charge is 0.438 e. The lowest BCUT2D eigenvalue weighted by Crippen LogP contribution is -2.57. The van der Waals surface area contributed by atoms with Crippen molar-refractivity contribution in [2.75, 3.05) is 25.0 Å². The second kappa shape index (κ2) is 20.3. The van der Waals surface area contributed by atoms with Crippen LogP contribution in [-0.2, 0) is 52.7 Å². The Bertz CT molecular complexity index is 2110. The molecule has 0 spiro atoms. The van der Waals surface area contributed by atoms with Crippen molar-refractivity contribution < 1.29 is 55.8 Å². The topological polar surface area (TPSA) is 158 Å². The van der Waals surface area contributed by atoms with E-state index >= 15 is 8.78 Å². The van der Waals surface area contributed by atoms with Gasteiger partial charge in [-0.2, -0.15) is 8.78 Å². The van der Waals surface area contributed by atoms with Crippen LogP contribution in [0.15, 0.2) is 84.9 Å². The van der Waals surface area contributed by atoms with E-state index in [1.54, 1.807) is 25.7 Å². The maximum atomic E-state index is 16.0. The van der Waals surface area contributed by atoms with E-state index in [4.69, 9.17) is 18.5 Å². The highest BCUT2D eigenvalue weighted by atomic mass is 127. The third-order valence-electron chi connectivity index (χ3n) is 9.62. The second-order valence-corrected chi connectivity index (χ2v) is 21.2. The van der Waals surface area contributed by atoms with Crippen molar-refractivity contribution in [3.8, 4) is 0 Å². The summed E-state index contributed by atoms with van der Waals surface area (Å²) < 4.78 is 66.3.